The van der Waals surface area contributed by atoms with E-state index in [1.165, 1.54) is 18.4 Å². The van der Waals surface area contributed by atoms with Crippen molar-refractivity contribution in [2.75, 3.05) is 12.9 Å². The van der Waals surface area contributed by atoms with E-state index in [0.29, 0.717) is 6.42 Å². The molecular weight excluding hydrogens is 228 g/mol. The van der Waals surface area contributed by atoms with Crippen LogP contribution in [-0.2, 0) is 9.53 Å². The van der Waals surface area contributed by atoms with Gasteiger partial charge in [0.1, 0.15) is 0 Å². The number of hydrogen-bond acceptors (Lipinski definition) is 4. The SMILES string of the molecule is COC(=O)CCSc1ccc(Cl)s1. The number of methoxy groups -OCH3 is 1. The summed E-state index contributed by atoms with van der Waals surface area (Å²) in [6.45, 7) is 0. The van der Waals surface area contributed by atoms with Crippen molar-refractivity contribution < 1.29 is 9.53 Å². The molecule has 1 rings (SSSR count). The number of thioether (sulfide) groups is 1. The molecule has 13 heavy (non-hydrogen) atoms. The molecule has 0 spiro atoms. The molecule has 0 saturated carbocycles. The molecule has 0 aliphatic heterocycles. The van der Waals surface area contributed by atoms with E-state index in [9.17, 15) is 4.79 Å². The van der Waals surface area contributed by atoms with E-state index in [2.05, 4.69) is 4.74 Å². The van der Waals surface area contributed by atoms with Crippen LogP contribution >= 0.6 is 34.7 Å². The zero-order valence-electron chi connectivity index (χ0n) is 7.08. The van der Waals surface area contributed by atoms with Crippen molar-refractivity contribution in [3.8, 4) is 0 Å². The second kappa shape index (κ2) is 5.52. The molecule has 0 fully saturated rings. The predicted octanol–water partition coefficient (Wildman–Crippen LogP) is 3.06. The van der Waals surface area contributed by atoms with Gasteiger partial charge in [-0.1, -0.05) is 11.6 Å². The fraction of sp³-hybridized carbons (Fsp3) is 0.375. The van der Waals surface area contributed by atoms with Crippen LogP contribution in [0.5, 0.6) is 0 Å². The van der Waals surface area contributed by atoms with Crippen molar-refractivity contribution in [2.24, 2.45) is 0 Å². The van der Waals surface area contributed by atoms with Gasteiger partial charge in [0, 0.05) is 5.75 Å². The average molecular weight is 237 g/mol. The smallest absolute Gasteiger partial charge is 0.306 e. The summed E-state index contributed by atoms with van der Waals surface area (Å²) in [5, 5.41) is 0. The van der Waals surface area contributed by atoms with E-state index in [1.54, 1.807) is 11.8 Å². The van der Waals surface area contributed by atoms with Crippen LogP contribution < -0.4 is 0 Å². The van der Waals surface area contributed by atoms with E-state index >= 15 is 0 Å². The number of carbonyl (C=O) groups excluding carboxylic acids is 1. The molecular formula is C8H9ClO2S2. The summed E-state index contributed by atoms with van der Waals surface area (Å²) in [5.41, 5.74) is 0. The summed E-state index contributed by atoms with van der Waals surface area (Å²) in [4.78, 5) is 10.7. The van der Waals surface area contributed by atoms with E-state index in [0.717, 1.165) is 14.3 Å². The molecule has 0 aromatic carbocycles. The Morgan fingerprint density at radius 2 is 2.46 bits per heavy atom. The minimum atomic E-state index is -0.171. The lowest BCUT2D eigenvalue weighted by atomic mass is 10.5. The first kappa shape index (κ1) is 10.9. The van der Waals surface area contributed by atoms with Gasteiger partial charge in [0.15, 0.2) is 0 Å². The van der Waals surface area contributed by atoms with Crippen LogP contribution in [0, 0.1) is 0 Å². The highest BCUT2D eigenvalue weighted by atomic mass is 35.5. The van der Waals surface area contributed by atoms with Crippen molar-refractivity contribution >= 4 is 40.7 Å². The lowest BCUT2D eigenvalue weighted by Crippen LogP contribution is -2.00. The molecule has 0 amide bonds. The monoisotopic (exact) mass is 236 g/mol. The van der Waals surface area contributed by atoms with Crippen LogP contribution in [0.1, 0.15) is 6.42 Å². The second-order valence-electron chi connectivity index (χ2n) is 2.23. The fourth-order valence-corrected chi connectivity index (χ4v) is 3.02. The summed E-state index contributed by atoms with van der Waals surface area (Å²) in [6, 6.07) is 3.81. The zero-order valence-corrected chi connectivity index (χ0v) is 9.47. The number of hydrogen-bond donors (Lipinski definition) is 0. The van der Waals surface area contributed by atoms with Gasteiger partial charge in [0.25, 0.3) is 0 Å². The van der Waals surface area contributed by atoms with Crippen LogP contribution in [0.2, 0.25) is 4.34 Å². The van der Waals surface area contributed by atoms with E-state index in [4.69, 9.17) is 11.6 Å². The van der Waals surface area contributed by atoms with Crippen molar-refractivity contribution in [3.05, 3.63) is 16.5 Å². The number of esters is 1. The average Bonchev–Trinajstić information content (AvgIpc) is 2.51. The van der Waals surface area contributed by atoms with Crippen molar-refractivity contribution in [2.45, 2.75) is 10.6 Å². The number of thiophene rings is 1. The Morgan fingerprint density at radius 1 is 1.69 bits per heavy atom. The highest BCUT2D eigenvalue weighted by Crippen LogP contribution is 2.30. The maximum absolute atomic E-state index is 10.7. The lowest BCUT2D eigenvalue weighted by Gasteiger charge is -1.96. The van der Waals surface area contributed by atoms with Crippen molar-refractivity contribution in [3.63, 3.8) is 0 Å². The van der Waals surface area contributed by atoms with Crippen LogP contribution in [0.25, 0.3) is 0 Å². The number of carbonyl (C=O) groups is 1. The first-order chi connectivity index (χ1) is 6.22. The highest BCUT2D eigenvalue weighted by molar-refractivity contribution is 8.01. The van der Waals surface area contributed by atoms with Gasteiger partial charge < -0.3 is 4.74 Å². The molecule has 0 bridgehead atoms. The summed E-state index contributed by atoms with van der Waals surface area (Å²) in [7, 11) is 1.40. The lowest BCUT2D eigenvalue weighted by molar-refractivity contribution is -0.140. The van der Waals surface area contributed by atoms with Gasteiger partial charge in [-0.25, -0.2) is 0 Å². The highest BCUT2D eigenvalue weighted by Gasteiger charge is 2.02. The van der Waals surface area contributed by atoms with E-state index < -0.39 is 0 Å². The first-order valence-electron chi connectivity index (χ1n) is 3.67. The third-order valence-corrected chi connectivity index (χ3v) is 3.78. The summed E-state index contributed by atoms with van der Waals surface area (Å²) < 4.78 is 6.43. The Hall–Kier alpha value is -0.190. The number of ether oxygens (including phenoxy) is 1. The van der Waals surface area contributed by atoms with Crippen LogP contribution in [-0.4, -0.2) is 18.8 Å². The van der Waals surface area contributed by atoms with Crippen LogP contribution in [0.15, 0.2) is 16.3 Å². The molecule has 0 saturated heterocycles. The standard InChI is InChI=1S/C8H9ClO2S2/c1-11-7(10)4-5-12-8-3-2-6(9)13-8/h2-3H,4-5H2,1H3. The van der Waals surface area contributed by atoms with Gasteiger partial charge in [-0.15, -0.1) is 23.1 Å². The quantitative estimate of drug-likeness (QED) is 0.594. The molecule has 0 aliphatic rings. The largest absolute Gasteiger partial charge is 0.469 e. The van der Waals surface area contributed by atoms with Crippen molar-refractivity contribution in [1.29, 1.82) is 0 Å². The Morgan fingerprint density at radius 3 is 3.00 bits per heavy atom. The topological polar surface area (TPSA) is 26.3 Å². The number of rotatable bonds is 4. The third-order valence-electron chi connectivity index (χ3n) is 1.33. The molecule has 0 atom stereocenters. The zero-order chi connectivity index (χ0) is 9.68. The summed E-state index contributed by atoms with van der Waals surface area (Å²) in [5.74, 6) is 0.568. The Kier molecular flexibility index (Phi) is 4.62. The minimum absolute atomic E-state index is 0.171. The first-order valence-corrected chi connectivity index (χ1v) is 5.85. The number of halogens is 1. The molecule has 72 valence electrons. The van der Waals surface area contributed by atoms with Gasteiger partial charge in [-0.05, 0) is 12.1 Å². The summed E-state index contributed by atoms with van der Waals surface area (Å²) >= 11 is 8.88. The van der Waals surface area contributed by atoms with Crippen LogP contribution in [0.3, 0.4) is 0 Å². The normalized spacial score (nSPS) is 10.0. The van der Waals surface area contributed by atoms with Gasteiger partial charge in [0.05, 0.1) is 22.1 Å². The molecule has 2 nitrogen and oxygen atoms in total. The van der Waals surface area contributed by atoms with Crippen LogP contribution in [0.4, 0.5) is 0 Å². The molecule has 0 radical (unpaired) electrons. The molecule has 0 N–H and O–H groups in total. The molecule has 1 aromatic heterocycles. The van der Waals surface area contributed by atoms with Gasteiger partial charge >= 0.3 is 5.97 Å². The van der Waals surface area contributed by atoms with Gasteiger partial charge in [-0.2, -0.15) is 0 Å². The third kappa shape index (κ3) is 4.02. The molecule has 1 heterocycles. The van der Waals surface area contributed by atoms with Gasteiger partial charge in [-0.3, -0.25) is 4.79 Å². The Labute approximate surface area is 90.2 Å². The Balaban J connectivity index is 2.24. The van der Waals surface area contributed by atoms with E-state index in [-0.39, 0.29) is 5.97 Å². The predicted molar refractivity (Wildman–Crippen MR) is 56.7 cm³/mol. The van der Waals surface area contributed by atoms with Crippen molar-refractivity contribution in [1.82, 2.24) is 0 Å². The second-order valence-corrected chi connectivity index (χ2v) is 5.34. The van der Waals surface area contributed by atoms with E-state index in [1.807, 2.05) is 12.1 Å². The maximum Gasteiger partial charge on any atom is 0.306 e. The summed E-state index contributed by atoms with van der Waals surface area (Å²) in [6.07, 6.45) is 0.441. The molecule has 1 aromatic rings. The maximum atomic E-state index is 10.7. The molecule has 0 aliphatic carbocycles. The molecule has 5 heteroatoms. The minimum Gasteiger partial charge on any atom is -0.469 e. The molecule has 0 unspecified atom stereocenters. The Bertz CT molecular complexity index is 285. The fourth-order valence-electron chi connectivity index (χ4n) is 0.712. The van der Waals surface area contributed by atoms with Gasteiger partial charge in [0.2, 0.25) is 0 Å².